The highest BCUT2D eigenvalue weighted by molar-refractivity contribution is 7.86. The fourth-order valence-electron chi connectivity index (χ4n) is 7.59. The molecule has 2 aromatic rings. The van der Waals surface area contributed by atoms with Crippen molar-refractivity contribution in [3.8, 4) is 0 Å². The van der Waals surface area contributed by atoms with Crippen molar-refractivity contribution in [3.05, 3.63) is 93.7 Å². The van der Waals surface area contributed by atoms with Crippen molar-refractivity contribution in [3.63, 3.8) is 0 Å². The summed E-state index contributed by atoms with van der Waals surface area (Å²) in [6.45, 7) is 8.36. The maximum atomic E-state index is 12.0. The van der Waals surface area contributed by atoms with E-state index < -0.39 is 62.8 Å². The smallest absolute Gasteiger partial charge is 0.294 e. The Morgan fingerprint density at radius 3 is 1.88 bits per heavy atom. The number of nitrogens with zero attached hydrogens (tertiary/aromatic N) is 2. The van der Waals surface area contributed by atoms with Crippen LogP contribution in [-0.4, -0.2) is 86.8 Å². The number of allylic oxidation sites excluding steroid dienone is 8. The molecule has 2 aromatic carbocycles. The largest absolute Gasteiger partial charge is 0.344 e. The highest BCUT2D eigenvalue weighted by Crippen LogP contribution is 2.49. The first-order valence-corrected chi connectivity index (χ1v) is 24.2. The molecule has 56 heavy (non-hydrogen) atoms. The van der Waals surface area contributed by atoms with E-state index in [1.807, 2.05) is 61.5 Å². The molecule has 0 saturated carbocycles. The lowest BCUT2D eigenvalue weighted by atomic mass is 9.81. The number of hydrogen-bond donors (Lipinski definition) is 4. The van der Waals surface area contributed by atoms with Crippen LogP contribution in [0.5, 0.6) is 0 Å². The quantitative estimate of drug-likeness (QED) is 0.0872. The molecular formula is C37H46ClN2O12S4+. The third-order valence-electron chi connectivity index (χ3n) is 10.5. The molecule has 0 fully saturated rings. The minimum atomic E-state index is -4.49. The van der Waals surface area contributed by atoms with E-state index >= 15 is 0 Å². The zero-order valence-corrected chi connectivity index (χ0v) is 35.3. The molecule has 0 radical (unpaired) electrons. The van der Waals surface area contributed by atoms with E-state index in [1.165, 1.54) is 24.3 Å². The van der Waals surface area contributed by atoms with Gasteiger partial charge in [-0.3, -0.25) is 18.2 Å². The highest BCUT2D eigenvalue weighted by atomic mass is 35.5. The molecule has 2 heterocycles. The normalized spacial score (nSPS) is 19.9. The molecule has 306 valence electrons. The highest BCUT2D eigenvalue weighted by Gasteiger charge is 2.45. The van der Waals surface area contributed by atoms with E-state index in [4.69, 9.17) is 11.6 Å². The number of rotatable bonds is 15. The maximum absolute atomic E-state index is 12.0. The van der Waals surface area contributed by atoms with Gasteiger partial charge in [0, 0.05) is 52.5 Å². The van der Waals surface area contributed by atoms with E-state index in [0.29, 0.717) is 66.3 Å². The van der Waals surface area contributed by atoms with Gasteiger partial charge in [0.15, 0.2) is 5.71 Å². The van der Waals surface area contributed by atoms with Gasteiger partial charge >= 0.3 is 0 Å². The summed E-state index contributed by atoms with van der Waals surface area (Å²) in [6, 6.07) is 8.67. The third kappa shape index (κ3) is 9.73. The van der Waals surface area contributed by atoms with E-state index in [-0.39, 0.29) is 22.6 Å². The molecule has 14 nitrogen and oxygen atoms in total. The summed E-state index contributed by atoms with van der Waals surface area (Å²) in [6.07, 6.45) is 9.93. The first-order chi connectivity index (χ1) is 25.7. The molecule has 4 N–H and O–H groups in total. The van der Waals surface area contributed by atoms with Gasteiger partial charge in [0.2, 0.25) is 5.69 Å². The van der Waals surface area contributed by atoms with Gasteiger partial charge in [0.25, 0.3) is 40.5 Å². The van der Waals surface area contributed by atoms with Crippen molar-refractivity contribution in [2.75, 3.05) is 29.5 Å². The van der Waals surface area contributed by atoms with Gasteiger partial charge in [-0.05, 0) is 99.1 Å². The van der Waals surface area contributed by atoms with Gasteiger partial charge in [0.05, 0.1) is 26.7 Å². The molecule has 2 aliphatic heterocycles. The summed E-state index contributed by atoms with van der Waals surface area (Å²) in [7, 11) is -17.3. The second kappa shape index (κ2) is 15.9. The van der Waals surface area contributed by atoms with E-state index in [9.17, 15) is 51.9 Å². The van der Waals surface area contributed by atoms with Gasteiger partial charge in [0.1, 0.15) is 6.54 Å². The number of fused-ring (bicyclic) bond motifs is 2. The lowest BCUT2D eigenvalue weighted by molar-refractivity contribution is -0.438. The first-order valence-electron chi connectivity index (χ1n) is 17.8. The minimum Gasteiger partial charge on any atom is -0.344 e. The van der Waals surface area contributed by atoms with Crippen LogP contribution in [0.4, 0.5) is 11.4 Å². The molecular weight excluding hydrogens is 828 g/mol. The molecule has 1 aliphatic carbocycles. The monoisotopic (exact) mass is 873 g/mol. The van der Waals surface area contributed by atoms with Crippen molar-refractivity contribution in [2.24, 2.45) is 0 Å². The van der Waals surface area contributed by atoms with E-state index in [2.05, 4.69) is 0 Å². The zero-order valence-electron chi connectivity index (χ0n) is 31.3. The Morgan fingerprint density at radius 2 is 1.29 bits per heavy atom. The lowest BCUT2D eigenvalue weighted by Crippen LogP contribution is -2.28. The van der Waals surface area contributed by atoms with Gasteiger partial charge in [-0.2, -0.15) is 38.2 Å². The maximum Gasteiger partial charge on any atom is 0.294 e. The molecule has 19 heteroatoms. The average Bonchev–Trinajstić information content (AvgIpc) is 3.60. The van der Waals surface area contributed by atoms with Crippen LogP contribution >= 0.6 is 11.6 Å². The number of anilines is 1. The third-order valence-corrected chi connectivity index (χ3v) is 14.3. The summed E-state index contributed by atoms with van der Waals surface area (Å²) in [5, 5.41) is 0.516. The Kier molecular flexibility index (Phi) is 12.4. The van der Waals surface area contributed by atoms with Gasteiger partial charge in [-0.1, -0.05) is 37.6 Å². The van der Waals surface area contributed by atoms with Crippen LogP contribution < -0.4 is 4.90 Å². The van der Waals surface area contributed by atoms with Crippen LogP contribution in [-0.2, 0) is 51.3 Å². The van der Waals surface area contributed by atoms with Crippen LogP contribution in [0.3, 0.4) is 0 Å². The molecule has 0 spiro atoms. The first kappa shape index (κ1) is 43.9. The Balaban J connectivity index is 1.49. The van der Waals surface area contributed by atoms with Crippen molar-refractivity contribution in [1.29, 1.82) is 0 Å². The fraction of sp³-hybridized carbons (Fsp3) is 0.432. The Morgan fingerprint density at radius 1 is 0.714 bits per heavy atom. The van der Waals surface area contributed by atoms with Crippen molar-refractivity contribution in [1.82, 2.24) is 0 Å². The molecule has 0 saturated heterocycles. The number of hydrogen-bond acceptors (Lipinski definition) is 9. The van der Waals surface area contributed by atoms with Gasteiger partial charge in [-0.25, -0.2) is 0 Å². The summed E-state index contributed by atoms with van der Waals surface area (Å²) in [4.78, 5) is 1.46. The minimum absolute atomic E-state index is 0.192. The molecule has 3 aliphatic rings. The molecule has 0 unspecified atom stereocenters. The molecule has 0 aromatic heterocycles. The average molecular weight is 874 g/mol. The van der Waals surface area contributed by atoms with E-state index in [0.717, 1.165) is 22.6 Å². The van der Waals surface area contributed by atoms with Crippen LogP contribution in [0.1, 0.15) is 77.3 Å². The molecule has 5 rings (SSSR count). The van der Waals surface area contributed by atoms with Gasteiger partial charge < -0.3 is 4.90 Å². The standard InChI is InChI=1S/C37H45ClN2O12S4/c1-36(2)29-23-27(55(47,48)49)13-15-31(29)39(19-5-7-21-53(41,42)43)33(36)17-11-25-9-10-26(35(25)38)12-18-34-37(3,4)30-24-28(56(50,51)52)14-16-32(30)40(34)20-6-8-22-54(44,45)46/h11-18,23-24H,5-10,19-22H2,1-4H3,(H3-,41,42,43,44,45,46,47,48,49,50,51,52)/p+1. The second-order valence-electron chi connectivity index (χ2n) is 15.1. The number of unbranched alkanes of at least 4 members (excludes halogenated alkanes) is 2. The summed E-state index contributed by atoms with van der Waals surface area (Å²) in [5.41, 5.74) is 4.41. The topological polar surface area (TPSA) is 224 Å². The fourth-order valence-corrected chi connectivity index (χ4v) is 10.1. The number of halogens is 1. The molecule has 0 amide bonds. The Bertz CT molecular complexity index is 2550. The van der Waals surface area contributed by atoms with Crippen LogP contribution in [0, 0.1) is 0 Å². The SMILES string of the molecule is CC1(C)C(/C=C/C2=C(Cl)C(=C/C=C3/N(CCCCS(=O)(=O)O)c4ccc(S(=O)(=O)O)cc4C3(C)C)/CC2)=[N+](CCCCS(=O)(=O)O)c2ccc(S(=O)(=O)O)cc21. The Labute approximate surface area is 334 Å². The van der Waals surface area contributed by atoms with Crippen LogP contribution in [0.2, 0.25) is 0 Å². The predicted molar refractivity (Wildman–Crippen MR) is 214 cm³/mol. The van der Waals surface area contributed by atoms with Crippen LogP contribution in [0.15, 0.2) is 92.4 Å². The lowest BCUT2D eigenvalue weighted by Gasteiger charge is -2.27. The summed E-state index contributed by atoms with van der Waals surface area (Å²) in [5.74, 6) is -0.809. The molecule has 0 bridgehead atoms. The van der Waals surface area contributed by atoms with Crippen LogP contribution in [0.25, 0.3) is 0 Å². The zero-order chi connectivity index (χ0) is 41.6. The summed E-state index contributed by atoms with van der Waals surface area (Å²) >= 11 is 6.98. The van der Waals surface area contributed by atoms with Crippen molar-refractivity contribution in [2.45, 2.75) is 86.8 Å². The summed E-state index contributed by atoms with van der Waals surface area (Å²) < 4.78 is 133. The second-order valence-corrected chi connectivity index (χ2v) is 21.5. The van der Waals surface area contributed by atoms with Crippen molar-refractivity contribution >= 4 is 69.2 Å². The van der Waals surface area contributed by atoms with Gasteiger partial charge in [-0.15, -0.1) is 0 Å². The van der Waals surface area contributed by atoms with Crippen molar-refractivity contribution < 1.29 is 56.5 Å². The Hall–Kier alpha value is -3.20. The molecule has 0 atom stereocenters. The van der Waals surface area contributed by atoms with E-state index in [1.54, 1.807) is 12.1 Å². The predicted octanol–water partition coefficient (Wildman–Crippen LogP) is 6.34. The number of benzene rings is 2.